The summed E-state index contributed by atoms with van der Waals surface area (Å²) in [4.78, 5) is 12.4. The molecule has 0 atom stereocenters. The predicted octanol–water partition coefficient (Wildman–Crippen LogP) is 4.52. The number of halogens is 1. The lowest BCUT2D eigenvalue weighted by Gasteiger charge is -2.10. The van der Waals surface area contributed by atoms with Crippen molar-refractivity contribution in [2.75, 3.05) is 5.32 Å². The van der Waals surface area contributed by atoms with E-state index in [0.29, 0.717) is 21.3 Å². The molecular formula is C18H17ClN4OS. The topological polar surface area (TPSA) is 62.7 Å². The number of aromatic amines is 1. The number of benzene rings is 2. The second kappa shape index (κ2) is 7.21. The van der Waals surface area contributed by atoms with Crippen LogP contribution in [0.15, 0.2) is 42.5 Å². The van der Waals surface area contributed by atoms with Crippen LogP contribution in [0.4, 0.5) is 5.69 Å². The van der Waals surface area contributed by atoms with Gasteiger partial charge in [-0.3, -0.25) is 14.5 Å². The maximum absolute atomic E-state index is 12.4. The van der Waals surface area contributed by atoms with Crippen LogP contribution in [0.25, 0.3) is 11.4 Å². The largest absolute Gasteiger partial charge is 0.323 e. The fourth-order valence-electron chi connectivity index (χ4n) is 2.44. The molecule has 1 aromatic heterocycles. The monoisotopic (exact) mass is 372 g/mol. The summed E-state index contributed by atoms with van der Waals surface area (Å²) >= 11 is 11.4. The summed E-state index contributed by atoms with van der Waals surface area (Å²) in [6, 6.07) is 13.4. The summed E-state index contributed by atoms with van der Waals surface area (Å²) in [6.45, 7) is 4.00. The summed E-state index contributed by atoms with van der Waals surface area (Å²) in [5.74, 6) is 0.395. The molecule has 1 heterocycles. The minimum atomic E-state index is -0.225. The number of nitrogens with zero attached hydrogens (tertiary/aromatic N) is 2. The number of anilines is 1. The number of rotatable bonds is 4. The molecule has 0 radical (unpaired) electrons. The van der Waals surface area contributed by atoms with Crippen LogP contribution in [0, 0.1) is 18.6 Å². The molecule has 1 amide bonds. The molecule has 0 spiro atoms. The van der Waals surface area contributed by atoms with Crippen LogP contribution >= 0.6 is 23.8 Å². The average molecular weight is 373 g/mol. The maximum Gasteiger partial charge on any atom is 0.244 e. The third kappa shape index (κ3) is 3.97. The van der Waals surface area contributed by atoms with Gasteiger partial charge in [-0.05, 0) is 43.8 Å². The zero-order valence-corrected chi connectivity index (χ0v) is 15.4. The van der Waals surface area contributed by atoms with E-state index in [9.17, 15) is 4.79 Å². The van der Waals surface area contributed by atoms with Crippen molar-refractivity contribution in [2.24, 2.45) is 0 Å². The number of hydrogen-bond acceptors (Lipinski definition) is 3. The molecule has 0 aliphatic heterocycles. The van der Waals surface area contributed by atoms with E-state index in [1.165, 1.54) is 0 Å². The Bertz CT molecular complexity index is 975. The predicted molar refractivity (Wildman–Crippen MR) is 102 cm³/mol. The minimum absolute atomic E-state index is 0.0444. The highest BCUT2D eigenvalue weighted by atomic mass is 35.5. The molecule has 5 nitrogen and oxygen atoms in total. The van der Waals surface area contributed by atoms with Gasteiger partial charge in [-0.15, -0.1) is 0 Å². The zero-order valence-electron chi connectivity index (χ0n) is 13.8. The average Bonchev–Trinajstić information content (AvgIpc) is 2.92. The van der Waals surface area contributed by atoms with Crippen LogP contribution in [0.3, 0.4) is 0 Å². The lowest BCUT2D eigenvalue weighted by Crippen LogP contribution is -2.19. The second-order valence-corrected chi connectivity index (χ2v) is 6.63. The molecule has 25 heavy (non-hydrogen) atoms. The Morgan fingerprint density at radius 1 is 1.20 bits per heavy atom. The van der Waals surface area contributed by atoms with Gasteiger partial charge in [-0.2, -0.15) is 5.10 Å². The summed E-state index contributed by atoms with van der Waals surface area (Å²) in [7, 11) is 0. The summed E-state index contributed by atoms with van der Waals surface area (Å²) in [5.41, 5.74) is 3.64. The van der Waals surface area contributed by atoms with Crippen molar-refractivity contribution in [1.82, 2.24) is 14.8 Å². The number of aromatic nitrogens is 3. The number of carbonyl (C=O) groups is 1. The van der Waals surface area contributed by atoms with Crippen molar-refractivity contribution in [2.45, 2.75) is 20.4 Å². The van der Waals surface area contributed by atoms with Crippen molar-refractivity contribution in [3.63, 3.8) is 0 Å². The lowest BCUT2D eigenvalue weighted by molar-refractivity contribution is -0.116. The number of nitrogens with one attached hydrogen (secondary N) is 2. The van der Waals surface area contributed by atoms with Crippen molar-refractivity contribution >= 4 is 35.4 Å². The van der Waals surface area contributed by atoms with E-state index in [4.69, 9.17) is 23.8 Å². The van der Waals surface area contributed by atoms with Gasteiger partial charge >= 0.3 is 0 Å². The van der Waals surface area contributed by atoms with Gasteiger partial charge in [0.2, 0.25) is 5.91 Å². The number of carbonyl (C=O) groups excluding carboxylic acids is 1. The highest BCUT2D eigenvalue weighted by molar-refractivity contribution is 7.71. The molecule has 0 saturated carbocycles. The van der Waals surface area contributed by atoms with Crippen LogP contribution in [-0.2, 0) is 11.3 Å². The first-order chi connectivity index (χ1) is 11.9. The van der Waals surface area contributed by atoms with E-state index in [2.05, 4.69) is 15.5 Å². The Morgan fingerprint density at radius 2 is 1.88 bits per heavy atom. The Balaban J connectivity index is 1.83. The maximum atomic E-state index is 12.4. The standard InChI is InChI=1S/C18H17ClN4OS/c1-11-3-6-13(7-4-11)17-21-22-18(25)23(17)10-16(24)20-15-8-5-12(2)9-14(15)19/h3-9H,10H2,1-2H3,(H,20,24)(H,22,25). The fraction of sp³-hybridized carbons (Fsp3) is 0.167. The third-order valence-corrected chi connectivity index (χ3v) is 4.39. The van der Waals surface area contributed by atoms with E-state index in [1.54, 1.807) is 16.7 Å². The van der Waals surface area contributed by atoms with E-state index < -0.39 is 0 Å². The molecule has 2 N–H and O–H groups in total. The van der Waals surface area contributed by atoms with Crippen molar-refractivity contribution in [1.29, 1.82) is 0 Å². The molecule has 128 valence electrons. The molecule has 7 heteroatoms. The van der Waals surface area contributed by atoms with Gasteiger partial charge in [-0.1, -0.05) is 47.5 Å². The van der Waals surface area contributed by atoms with E-state index in [1.807, 2.05) is 44.2 Å². The quantitative estimate of drug-likeness (QED) is 0.662. The van der Waals surface area contributed by atoms with E-state index >= 15 is 0 Å². The minimum Gasteiger partial charge on any atom is -0.323 e. The molecule has 0 bridgehead atoms. The molecule has 2 aromatic carbocycles. The first-order valence-electron chi connectivity index (χ1n) is 7.72. The Hall–Kier alpha value is -2.44. The smallest absolute Gasteiger partial charge is 0.244 e. The first kappa shape index (κ1) is 17.4. The molecule has 0 aliphatic carbocycles. The Kier molecular flexibility index (Phi) is 5.01. The second-order valence-electron chi connectivity index (χ2n) is 5.84. The Morgan fingerprint density at radius 3 is 2.56 bits per heavy atom. The van der Waals surface area contributed by atoms with Crippen LogP contribution in [0.1, 0.15) is 11.1 Å². The van der Waals surface area contributed by atoms with Crippen LogP contribution in [0.5, 0.6) is 0 Å². The fourth-order valence-corrected chi connectivity index (χ4v) is 2.92. The molecule has 0 aliphatic rings. The molecule has 0 saturated heterocycles. The molecular weight excluding hydrogens is 356 g/mol. The van der Waals surface area contributed by atoms with Gasteiger partial charge in [0.05, 0.1) is 10.7 Å². The highest BCUT2D eigenvalue weighted by Gasteiger charge is 2.13. The van der Waals surface area contributed by atoms with Crippen molar-refractivity contribution < 1.29 is 4.79 Å². The van der Waals surface area contributed by atoms with Gasteiger partial charge in [0, 0.05) is 5.56 Å². The van der Waals surface area contributed by atoms with Crippen molar-refractivity contribution in [3.8, 4) is 11.4 Å². The number of amides is 1. The van der Waals surface area contributed by atoms with Gasteiger partial charge < -0.3 is 5.32 Å². The highest BCUT2D eigenvalue weighted by Crippen LogP contribution is 2.23. The summed E-state index contributed by atoms with van der Waals surface area (Å²) < 4.78 is 2.05. The molecule has 0 fully saturated rings. The normalized spacial score (nSPS) is 10.7. The summed E-state index contributed by atoms with van der Waals surface area (Å²) in [6.07, 6.45) is 0. The van der Waals surface area contributed by atoms with Crippen LogP contribution in [-0.4, -0.2) is 20.7 Å². The number of hydrogen-bond donors (Lipinski definition) is 2. The number of aryl methyl sites for hydroxylation is 2. The van der Waals surface area contributed by atoms with Crippen LogP contribution in [0.2, 0.25) is 5.02 Å². The van der Waals surface area contributed by atoms with Crippen LogP contribution < -0.4 is 5.32 Å². The molecule has 3 aromatic rings. The van der Waals surface area contributed by atoms with E-state index in [0.717, 1.165) is 16.7 Å². The van der Waals surface area contributed by atoms with Crippen molar-refractivity contribution in [3.05, 3.63) is 63.4 Å². The van der Waals surface area contributed by atoms with Gasteiger partial charge in [0.1, 0.15) is 6.54 Å². The molecule has 3 rings (SSSR count). The zero-order chi connectivity index (χ0) is 18.0. The third-order valence-electron chi connectivity index (χ3n) is 3.77. The Labute approximate surface area is 155 Å². The van der Waals surface area contributed by atoms with Gasteiger partial charge in [0.15, 0.2) is 10.6 Å². The van der Waals surface area contributed by atoms with Gasteiger partial charge in [0.25, 0.3) is 0 Å². The SMILES string of the molecule is Cc1ccc(-c2n[nH]c(=S)n2CC(=O)Nc2ccc(C)cc2Cl)cc1. The van der Waals surface area contributed by atoms with Gasteiger partial charge in [-0.25, -0.2) is 0 Å². The van der Waals surface area contributed by atoms with E-state index in [-0.39, 0.29) is 12.5 Å². The lowest BCUT2D eigenvalue weighted by atomic mass is 10.1. The first-order valence-corrected chi connectivity index (χ1v) is 8.51. The number of H-pyrrole nitrogens is 1. The molecule has 0 unspecified atom stereocenters. The summed E-state index contributed by atoms with van der Waals surface area (Å²) in [5, 5.41) is 10.3.